The minimum Gasteiger partial charge on any atom is -0.381 e. The Balaban J connectivity index is 1.53. The van der Waals surface area contributed by atoms with Crippen LogP contribution in [0.2, 0.25) is 0 Å². The molecule has 1 aromatic heterocycles. The van der Waals surface area contributed by atoms with Gasteiger partial charge in [-0.05, 0) is 12.5 Å². The summed E-state index contributed by atoms with van der Waals surface area (Å²) in [6.45, 7) is 2.04. The smallest absolute Gasteiger partial charge is 0.256 e. The number of carbonyl (C=O) groups excluding carboxylic acids is 1. The Morgan fingerprint density at radius 3 is 2.91 bits per heavy atom. The maximum absolute atomic E-state index is 12.9. The number of benzene rings is 1. The quantitative estimate of drug-likeness (QED) is 0.853. The second kappa shape index (κ2) is 5.35. The largest absolute Gasteiger partial charge is 0.381 e. The SMILES string of the molecule is CO[C@H]1CCOC2(C1)CN(C(=O)c1cn(C)c3ccccc13)C2. The highest BCUT2D eigenvalue weighted by Crippen LogP contribution is 2.36. The zero-order chi connectivity index (χ0) is 16.0. The first-order valence-electron chi connectivity index (χ1n) is 8.12. The van der Waals surface area contributed by atoms with Crippen LogP contribution in [-0.2, 0) is 16.5 Å². The fraction of sp³-hybridized carbons (Fsp3) is 0.500. The van der Waals surface area contributed by atoms with Gasteiger partial charge < -0.3 is 18.9 Å². The average Bonchev–Trinajstić information content (AvgIpc) is 2.89. The molecule has 2 saturated heterocycles. The van der Waals surface area contributed by atoms with E-state index >= 15 is 0 Å². The summed E-state index contributed by atoms with van der Waals surface area (Å²) >= 11 is 0. The van der Waals surface area contributed by atoms with E-state index in [2.05, 4.69) is 0 Å². The van der Waals surface area contributed by atoms with Crippen LogP contribution >= 0.6 is 0 Å². The second-order valence-electron chi connectivity index (χ2n) is 6.71. The fourth-order valence-corrected chi connectivity index (χ4v) is 3.88. The molecule has 1 atom stereocenters. The number of hydrogen-bond donors (Lipinski definition) is 0. The number of ether oxygens (including phenoxy) is 2. The van der Waals surface area contributed by atoms with Crippen LogP contribution in [0.1, 0.15) is 23.2 Å². The minimum atomic E-state index is -0.195. The van der Waals surface area contributed by atoms with Gasteiger partial charge in [-0.25, -0.2) is 0 Å². The van der Waals surface area contributed by atoms with Gasteiger partial charge in [0.2, 0.25) is 0 Å². The first-order chi connectivity index (χ1) is 11.1. The minimum absolute atomic E-state index is 0.0931. The summed E-state index contributed by atoms with van der Waals surface area (Å²) in [4.78, 5) is 14.7. The van der Waals surface area contributed by atoms with Crippen molar-refractivity contribution in [3.63, 3.8) is 0 Å². The summed E-state index contributed by atoms with van der Waals surface area (Å²) in [6, 6.07) is 8.02. The number of rotatable bonds is 2. The Kier molecular flexibility index (Phi) is 3.43. The van der Waals surface area contributed by atoms with Crippen molar-refractivity contribution >= 4 is 16.8 Å². The number of fused-ring (bicyclic) bond motifs is 1. The highest BCUT2D eigenvalue weighted by molar-refractivity contribution is 6.07. The first kappa shape index (κ1) is 14.7. The van der Waals surface area contributed by atoms with Crippen LogP contribution in [0.4, 0.5) is 0 Å². The normalized spacial score (nSPS) is 23.2. The number of aryl methyl sites for hydroxylation is 1. The highest BCUT2D eigenvalue weighted by atomic mass is 16.5. The van der Waals surface area contributed by atoms with Crippen LogP contribution in [0.5, 0.6) is 0 Å². The molecule has 5 heteroatoms. The molecule has 1 aromatic carbocycles. The zero-order valence-electron chi connectivity index (χ0n) is 13.6. The van der Waals surface area contributed by atoms with Gasteiger partial charge >= 0.3 is 0 Å². The molecule has 0 N–H and O–H groups in total. The molecule has 0 radical (unpaired) electrons. The molecule has 2 aliphatic rings. The summed E-state index contributed by atoms with van der Waals surface area (Å²) in [5, 5.41) is 1.01. The predicted molar refractivity (Wildman–Crippen MR) is 87.5 cm³/mol. The molecular formula is C18H22N2O3. The number of likely N-dealkylation sites (tertiary alicyclic amines) is 1. The summed E-state index contributed by atoms with van der Waals surface area (Å²) in [5.41, 5.74) is 1.66. The van der Waals surface area contributed by atoms with Gasteiger partial charge in [-0.3, -0.25) is 4.79 Å². The summed E-state index contributed by atoms with van der Waals surface area (Å²) in [5.74, 6) is 0.0931. The number of carbonyl (C=O) groups is 1. The topological polar surface area (TPSA) is 43.7 Å². The number of para-hydroxylation sites is 1. The lowest BCUT2D eigenvalue weighted by molar-refractivity contribution is -0.181. The van der Waals surface area contributed by atoms with Crippen molar-refractivity contribution in [2.45, 2.75) is 24.5 Å². The van der Waals surface area contributed by atoms with E-state index in [1.165, 1.54) is 0 Å². The molecule has 122 valence electrons. The van der Waals surface area contributed by atoms with Crippen molar-refractivity contribution in [2.24, 2.45) is 7.05 Å². The molecule has 2 aromatic rings. The number of methoxy groups -OCH3 is 1. The second-order valence-corrected chi connectivity index (χ2v) is 6.71. The average molecular weight is 314 g/mol. The number of amides is 1. The van der Waals surface area contributed by atoms with Gasteiger partial charge in [0.15, 0.2) is 0 Å². The van der Waals surface area contributed by atoms with E-state index in [1.54, 1.807) is 7.11 Å². The van der Waals surface area contributed by atoms with Gasteiger partial charge in [0, 0.05) is 44.3 Å². The Bertz CT molecular complexity index is 746. The summed E-state index contributed by atoms with van der Waals surface area (Å²) < 4.78 is 13.5. The molecule has 1 amide bonds. The van der Waals surface area contributed by atoms with E-state index in [9.17, 15) is 4.79 Å². The van der Waals surface area contributed by atoms with E-state index < -0.39 is 0 Å². The van der Waals surface area contributed by atoms with Crippen LogP contribution in [-0.4, -0.2) is 53.9 Å². The molecule has 3 heterocycles. The lowest BCUT2D eigenvalue weighted by Gasteiger charge is -2.52. The highest BCUT2D eigenvalue weighted by Gasteiger charge is 2.49. The molecule has 23 heavy (non-hydrogen) atoms. The van der Waals surface area contributed by atoms with E-state index in [1.807, 2.05) is 47.0 Å². The Morgan fingerprint density at radius 2 is 2.13 bits per heavy atom. The van der Waals surface area contributed by atoms with E-state index in [0.29, 0.717) is 13.1 Å². The van der Waals surface area contributed by atoms with Gasteiger partial charge in [-0.1, -0.05) is 18.2 Å². The lowest BCUT2D eigenvalue weighted by atomic mass is 9.84. The van der Waals surface area contributed by atoms with Crippen LogP contribution in [0.25, 0.3) is 10.9 Å². The first-order valence-corrected chi connectivity index (χ1v) is 8.12. The van der Waals surface area contributed by atoms with Crippen LogP contribution in [0, 0.1) is 0 Å². The fourth-order valence-electron chi connectivity index (χ4n) is 3.88. The van der Waals surface area contributed by atoms with E-state index in [4.69, 9.17) is 9.47 Å². The van der Waals surface area contributed by atoms with Crippen LogP contribution in [0.3, 0.4) is 0 Å². The molecular weight excluding hydrogens is 292 g/mol. The van der Waals surface area contributed by atoms with Crippen molar-refractivity contribution in [1.82, 2.24) is 9.47 Å². The molecule has 2 fully saturated rings. The maximum atomic E-state index is 12.9. The van der Waals surface area contributed by atoms with E-state index in [-0.39, 0.29) is 17.6 Å². The zero-order valence-corrected chi connectivity index (χ0v) is 13.6. The van der Waals surface area contributed by atoms with Crippen molar-refractivity contribution in [1.29, 1.82) is 0 Å². The van der Waals surface area contributed by atoms with Gasteiger partial charge in [0.05, 0.1) is 24.8 Å². The van der Waals surface area contributed by atoms with Crippen LogP contribution in [0.15, 0.2) is 30.5 Å². The maximum Gasteiger partial charge on any atom is 0.256 e. The Hall–Kier alpha value is -1.85. The van der Waals surface area contributed by atoms with Crippen molar-refractivity contribution in [2.75, 3.05) is 26.8 Å². The number of nitrogens with zero attached hydrogens (tertiary/aromatic N) is 2. The van der Waals surface area contributed by atoms with Crippen LogP contribution < -0.4 is 0 Å². The molecule has 2 aliphatic heterocycles. The van der Waals surface area contributed by atoms with Crippen molar-refractivity contribution in [3.8, 4) is 0 Å². The number of hydrogen-bond acceptors (Lipinski definition) is 3. The van der Waals surface area contributed by atoms with Gasteiger partial charge in [0.1, 0.15) is 5.60 Å². The third-order valence-corrected chi connectivity index (χ3v) is 5.15. The van der Waals surface area contributed by atoms with Crippen molar-refractivity contribution in [3.05, 3.63) is 36.0 Å². The van der Waals surface area contributed by atoms with Gasteiger partial charge in [-0.15, -0.1) is 0 Å². The third-order valence-electron chi connectivity index (χ3n) is 5.15. The van der Waals surface area contributed by atoms with Gasteiger partial charge in [-0.2, -0.15) is 0 Å². The predicted octanol–water partition coefficient (Wildman–Crippen LogP) is 2.20. The molecule has 0 saturated carbocycles. The van der Waals surface area contributed by atoms with E-state index in [0.717, 1.165) is 35.9 Å². The third kappa shape index (κ3) is 2.35. The molecule has 0 aliphatic carbocycles. The Labute approximate surface area is 135 Å². The molecule has 1 spiro atoms. The van der Waals surface area contributed by atoms with Crippen molar-refractivity contribution < 1.29 is 14.3 Å². The Morgan fingerprint density at radius 1 is 1.35 bits per heavy atom. The molecule has 5 nitrogen and oxygen atoms in total. The monoisotopic (exact) mass is 314 g/mol. The molecule has 0 bridgehead atoms. The summed E-state index contributed by atoms with van der Waals surface area (Å²) in [6.07, 6.45) is 3.99. The van der Waals surface area contributed by atoms with Gasteiger partial charge in [0.25, 0.3) is 5.91 Å². The lowest BCUT2D eigenvalue weighted by Crippen LogP contribution is -2.67. The summed E-state index contributed by atoms with van der Waals surface area (Å²) in [7, 11) is 3.73. The standard InChI is InChI=1S/C18H22N2O3/c1-19-10-15(14-5-3-4-6-16(14)19)17(21)20-11-18(12-20)9-13(22-2)7-8-23-18/h3-6,10,13H,7-9,11-12H2,1-2H3/t13-/m0/s1. The molecule has 4 rings (SSSR count). The molecule has 0 unspecified atom stereocenters. The number of aromatic nitrogens is 1.